The van der Waals surface area contributed by atoms with E-state index in [0.717, 1.165) is 11.8 Å². The molecule has 1 aromatic carbocycles. The molecule has 1 aliphatic heterocycles. The number of benzene rings is 1. The van der Waals surface area contributed by atoms with Crippen molar-refractivity contribution in [3.05, 3.63) is 34.9 Å². The standard InChI is InChI=1S/C16H20O/c1-10-7-8-14-13(9-10)11-5-3-4-6-12(11)15-16(14,2)17-15/h7-9,11-12,15H,3-6H2,1-2H3/t11-,12+,15-,16+/m1/s1. The van der Waals surface area contributed by atoms with E-state index in [1.807, 2.05) is 0 Å². The molecule has 17 heavy (non-hydrogen) atoms. The van der Waals surface area contributed by atoms with Crippen molar-refractivity contribution in [3.8, 4) is 0 Å². The molecule has 1 aromatic rings. The first-order valence-electron chi connectivity index (χ1n) is 6.99. The zero-order valence-electron chi connectivity index (χ0n) is 10.7. The Morgan fingerprint density at radius 3 is 2.94 bits per heavy atom. The van der Waals surface area contributed by atoms with Crippen LogP contribution >= 0.6 is 0 Å². The average molecular weight is 228 g/mol. The molecule has 1 nitrogen and oxygen atoms in total. The SMILES string of the molecule is Cc1ccc2c(c1)[C@@H]1CCCC[C@@H]1[C@H]1O[C@@]21C. The monoisotopic (exact) mass is 228 g/mol. The van der Waals surface area contributed by atoms with Gasteiger partial charge in [-0.3, -0.25) is 0 Å². The Balaban J connectivity index is 1.89. The van der Waals surface area contributed by atoms with Gasteiger partial charge in [0.2, 0.25) is 0 Å². The highest BCUT2D eigenvalue weighted by Gasteiger charge is 2.63. The number of hydrogen-bond acceptors (Lipinski definition) is 1. The maximum absolute atomic E-state index is 6.10. The van der Waals surface area contributed by atoms with Gasteiger partial charge in [-0.25, -0.2) is 0 Å². The van der Waals surface area contributed by atoms with Crippen molar-refractivity contribution < 1.29 is 4.74 Å². The lowest BCUT2D eigenvalue weighted by Crippen LogP contribution is -2.32. The third-order valence-corrected chi connectivity index (χ3v) is 5.21. The molecule has 0 radical (unpaired) electrons. The predicted octanol–water partition coefficient (Wildman–Crippen LogP) is 3.90. The Kier molecular flexibility index (Phi) is 1.87. The topological polar surface area (TPSA) is 12.5 Å². The molecule has 0 unspecified atom stereocenters. The normalized spacial score (nSPS) is 42.4. The summed E-state index contributed by atoms with van der Waals surface area (Å²) in [7, 11) is 0. The van der Waals surface area contributed by atoms with Crippen molar-refractivity contribution in [1.82, 2.24) is 0 Å². The van der Waals surface area contributed by atoms with E-state index in [0.29, 0.717) is 6.10 Å². The van der Waals surface area contributed by atoms with Crippen LogP contribution in [-0.2, 0) is 10.3 Å². The van der Waals surface area contributed by atoms with Gasteiger partial charge >= 0.3 is 0 Å². The number of ether oxygens (including phenoxy) is 1. The molecule has 0 aromatic heterocycles. The molecule has 0 N–H and O–H groups in total. The predicted molar refractivity (Wildman–Crippen MR) is 68.1 cm³/mol. The Labute approximate surface area is 103 Å². The molecule has 1 saturated heterocycles. The lowest BCUT2D eigenvalue weighted by atomic mass is 9.65. The Hall–Kier alpha value is -0.820. The largest absolute Gasteiger partial charge is 0.361 e. The lowest BCUT2D eigenvalue weighted by Gasteiger charge is -2.37. The van der Waals surface area contributed by atoms with E-state index in [2.05, 4.69) is 32.0 Å². The molecular formula is C16H20O. The quantitative estimate of drug-likeness (QED) is 0.614. The van der Waals surface area contributed by atoms with Gasteiger partial charge < -0.3 is 4.74 Å². The Morgan fingerprint density at radius 1 is 1.24 bits per heavy atom. The van der Waals surface area contributed by atoms with E-state index < -0.39 is 0 Å². The zero-order valence-corrected chi connectivity index (χ0v) is 10.7. The fourth-order valence-electron chi connectivity index (χ4n) is 4.29. The summed E-state index contributed by atoms with van der Waals surface area (Å²) in [6.07, 6.45) is 6.06. The van der Waals surface area contributed by atoms with Gasteiger partial charge in [-0.15, -0.1) is 0 Å². The highest BCUT2D eigenvalue weighted by Crippen LogP contribution is 2.62. The molecule has 4 atom stereocenters. The Morgan fingerprint density at radius 2 is 2.06 bits per heavy atom. The minimum atomic E-state index is 0.0571. The van der Waals surface area contributed by atoms with Crippen LogP contribution in [0.2, 0.25) is 0 Å². The molecule has 2 aliphatic carbocycles. The van der Waals surface area contributed by atoms with Crippen LogP contribution in [0.1, 0.15) is 55.2 Å². The van der Waals surface area contributed by atoms with Gasteiger partial charge in [0.25, 0.3) is 0 Å². The van der Waals surface area contributed by atoms with Crippen molar-refractivity contribution in [3.63, 3.8) is 0 Å². The van der Waals surface area contributed by atoms with Gasteiger partial charge in [-0.05, 0) is 49.7 Å². The first kappa shape index (κ1) is 10.1. The minimum Gasteiger partial charge on any atom is -0.361 e. The van der Waals surface area contributed by atoms with E-state index in [1.165, 1.54) is 36.8 Å². The second-order valence-electron chi connectivity index (χ2n) is 6.29. The van der Waals surface area contributed by atoms with E-state index >= 15 is 0 Å². The molecule has 90 valence electrons. The maximum Gasteiger partial charge on any atom is 0.117 e. The summed E-state index contributed by atoms with van der Waals surface area (Å²) in [6.45, 7) is 4.50. The lowest BCUT2D eigenvalue weighted by molar-refractivity contribution is 0.236. The van der Waals surface area contributed by atoms with E-state index in [4.69, 9.17) is 4.74 Å². The molecule has 3 aliphatic rings. The number of epoxide rings is 1. The van der Waals surface area contributed by atoms with Crippen LogP contribution in [0.15, 0.2) is 18.2 Å². The summed E-state index contributed by atoms with van der Waals surface area (Å²) in [5.41, 5.74) is 4.54. The van der Waals surface area contributed by atoms with Crippen LogP contribution in [0.5, 0.6) is 0 Å². The second-order valence-corrected chi connectivity index (χ2v) is 6.29. The van der Waals surface area contributed by atoms with E-state index in [1.54, 1.807) is 5.56 Å². The molecule has 4 rings (SSSR count). The molecular weight excluding hydrogens is 208 g/mol. The number of fused-ring (bicyclic) bond motifs is 6. The molecule has 1 heterocycles. The molecule has 1 saturated carbocycles. The van der Waals surface area contributed by atoms with Crippen LogP contribution < -0.4 is 0 Å². The summed E-state index contributed by atoms with van der Waals surface area (Å²) in [5, 5.41) is 0. The van der Waals surface area contributed by atoms with Crippen molar-refractivity contribution >= 4 is 0 Å². The van der Waals surface area contributed by atoms with Gasteiger partial charge in [0.05, 0.1) is 6.10 Å². The number of hydrogen-bond donors (Lipinski definition) is 0. The number of aryl methyl sites for hydroxylation is 1. The highest BCUT2D eigenvalue weighted by atomic mass is 16.6. The zero-order chi connectivity index (χ0) is 11.6. The van der Waals surface area contributed by atoms with Crippen molar-refractivity contribution in [2.45, 2.75) is 57.2 Å². The fraction of sp³-hybridized carbons (Fsp3) is 0.625. The van der Waals surface area contributed by atoms with Gasteiger partial charge in [0.1, 0.15) is 5.60 Å². The average Bonchev–Trinajstić information content (AvgIpc) is 3.03. The minimum absolute atomic E-state index is 0.0571. The summed E-state index contributed by atoms with van der Waals surface area (Å²) in [5.74, 6) is 1.57. The highest BCUT2D eigenvalue weighted by molar-refractivity contribution is 5.45. The van der Waals surface area contributed by atoms with E-state index in [9.17, 15) is 0 Å². The third kappa shape index (κ3) is 1.24. The molecule has 1 heteroatoms. The Bertz CT molecular complexity index is 478. The van der Waals surface area contributed by atoms with Crippen LogP contribution in [-0.4, -0.2) is 6.10 Å². The van der Waals surface area contributed by atoms with Crippen molar-refractivity contribution in [2.24, 2.45) is 5.92 Å². The summed E-state index contributed by atoms with van der Waals surface area (Å²) in [6, 6.07) is 6.98. The van der Waals surface area contributed by atoms with Gasteiger partial charge in [0, 0.05) is 0 Å². The third-order valence-electron chi connectivity index (χ3n) is 5.21. The van der Waals surface area contributed by atoms with E-state index in [-0.39, 0.29) is 5.60 Å². The van der Waals surface area contributed by atoms with Gasteiger partial charge in [-0.1, -0.05) is 36.6 Å². The molecule has 0 bridgehead atoms. The van der Waals surface area contributed by atoms with Crippen molar-refractivity contribution in [2.75, 3.05) is 0 Å². The van der Waals surface area contributed by atoms with Crippen molar-refractivity contribution in [1.29, 1.82) is 0 Å². The number of rotatable bonds is 0. The summed E-state index contributed by atoms with van der Waals surface area (Å²) in [4.78, 5) is 0. The van der Waals surface area contributed by atoms with Crippen LogP contribution in [0, 0.1) is 12.8 Å². The summed E-state index contributed by atoms with van der Waals surface area (Å²) >= 11 is 0. The molecule has 0 spiro atoms. The first-order valence-corrected chi connectivity index (χ1v) is 6.99. The smallest absolute Gasteiger partial charge is 0.117 e. The van der Waals surface area contributed by atoms with Crippen LogP contribution in [0.3, 0.4) is 0 Å². The summed E-state index contributed by atoms with van der Waals surface area (Å²) < 4.78 is 6.10. The fourth-order valence-corrected chi connectivity index (χ4v) is 4.29. The van der Waals surface area contributed by atoms with Gasteiger partial charge in [0.15, 0.2) is 0 Å². The van der Waals surface area contributed by atoms with Crippen LogP contribution in [0.25, 0.3) is 0 Å². The molecule has 2 fully saturated rings. The molecule has 0 amide bonds. The second kappa shape index (κ2) is 3.14. The van der Waals surface area contributed by atoms with Crippen LogP contribution in [0.4, 0.5) is 0 Å². The first-order chi connectivity index (χ1) is 8.20. The van der Waals surface area contributed by atoms with Gasteiger partial charge in [-0.2, -0.15) is 0 Å². The maximum atomic E-state index is 6.10.